The summed E-state index contributed by atoms with van der Waals surface area (Å²) in [6.07, 6.45) is 4.14. The molecule has 1 aliphatic carbocycles. The second-order valence-corrected chi connectivity index (χ2v) is 4.55. The molecule has 2 N–H and O–H groups in total. The molecule has 0 radical (unpaired) electrons. The summed E-state index contributed by atoms with van der Waals surface area (Å²) in [4.78, 5) is 0. The lowest BCUT2D eigenvalue weighted by Crippen LogP contribution is -2.29. The Morgan fingerprint density at radius 1 is 1.64 bits per heavy atom. The van der Waals surface area contributed by atoms with E-state index in [-0.39, 0.29) is 12.1 Å². The zero-order valence-corrected chi connectivity index (χ0v) is 9.66. The predicted octanol–water partition coefficient (Wildman–Crippen LogP) is 2.47. The Kier molecular flexibility index (Phi) is 2.95. The van der Waals surface area contributed by atoms with Gasteiger partial charge >= 0.3 is 0 Å². The van der Waals surface area contributed by atoms with E-state index in [1.165, 1.54) is 12.8 Å². The molecule has 1 heterocycles. The van der Waals surface area contributed by atoms with Gasteiger partial charge < -0.3 is 14.9 Å². The van der Waals surface area contributed by atoms with Gasteiger partial charge in [-0.1, -0.05) is 0 Å². The summed E-state index contributed by atoms with van der Waals surface area (Å²) in [6.45, 7) is 0. The Morgan fingerprint density at radius 2 is 2.36 bits per heavy atom. The molecular weight excluding hydrogens is 246 g/mol. The average molecular weight is 260 g/mol. The molecule has 0 aliphatic heterocycles. The Labute approximate surface area is 91.7 Å². The van der Waals surface area contributed by atoms with E-state index in [0.29, 0.717) is 5.92 Å². The third kappa shape index (κ3) is 1.87. The molecule has 0 aromatic carbocycles. The third-order valence-corrected chi connectivity index (χ3v) is 3.32. The molecule has 1 fully saturated rings. The highest BCUT2D eigenvalue weighted by Gasteiger charge is 2.37. The van der Waals surface area contributed by atoms with Crippen LogP contribution in [0.1, 0.15) is 24.6 Å². The van der Waals surface area contributed by atoms with Crippen LogP contribution < -0.4 is 5.73 Å². The largest absolute Gasteiger partial charge is 0.466 e. The maximum Gasteiger partial charge on any atom is 0.137 e. The fraction of sp³-hybridized carbons (Fsp3) is 0.600. The van der Waals surface area contributed by atoms with Crippen LogP contribution in [0, 0.1) is 5.92 Å². The van der Waals surface area contributed by atoms with Crippen LogP contribution >= 0.6 is 15.9 Å². The SMILES string of the molecule is COC(C1CC1)C(N)c1occc1Br. The molecule has 2 unspecified atom stereocenters. The van der Waals surface area contributed by atoms with Gasteiger partial charge in [-0.2, -0.15) is 0 Å². The Balaban J connectivity index is 2.13. The summed E-state index contributed by atoms with van der Waals surface area (Å²) in [5.74, 6) is 1.38. The van der Waals surface area contributed by atoms with Crippen molar-refractivity contribution >= 4 is 15.9 Å². The second kappa shape index (κ2) is 4.04. The Bertz CT molecular complexity index is 309. The maximum atomic E-state index is 6.09. The van der Waals surface area contributed by atoms with Crippen LogP contribution in [0.5, 0.6) is 0 Å². The standard InChI is InChI=1S/C10H14BrNO2/c1-13-9(6-2-3-6)8(12)10-7(11)4-5-14-10/h4-6,8-9H,2-3,12H2,1H3. The van der Waals surface area contributed by atoms with Gasteiger partial charge in [0.2, 0.25) is 0 Å². The molecule has 14 heavy (non-hydrogen) atoms. The van der Waals surface area contributed by atoms with E-state index in [1.54, 1.807) is 13.4 Å². The van der Waals surface area contributed by atoms with Gasteiger partial charge in [-0.25, -0.2) is 0 Å². The quantitative estimate of drug-likeness (QED) is 0.904. The van der Waals surface area contributed by atoms with Crippen molar-refractivity contribution < 1.29 is 9.15 Å². The van der Waals surface area contributed by atoms with E-state index in [4.69, 9.17) is 14.9 Å². The van der Waals surface area contributed by atoms with Gasteiger partial charge in [0.05, 0.1) is 22.9 Å². The zero-order chi connectivity index (χ0) is 10.1. The number of methoxy groups -OCH3 is 1. The van der Waals surface area contributed by atoms with Crippen molar-refractivity contribution in [1.82, 2.24) is 0 Å². The molecule has 78 valence electrons. The maximum absolute atomic E-state index is 6.09. The summed E-state index contributed by atoms with van der Waals surface area (Å²) in [7, 11) is 1.71. The number of hydrogen-bond donors (Lipinski definition) is 1. The minimum absolute atomic E-state index is 0.0810. The lowest BCUT2D eigenvalue weighted by Gasteiger charge is -2.20. The molecule has 3 nitrogen and oxygen atoms in total. The van der Waals surface area contributed by atoms with Crippen LogP contribution in [0.2, 0.25) is 0 Å². The Morgan fingerprint density at radius 3 is 2.79 bits per heavy atom. The van der Waals surface area contributed by atoms with Gasteiger partial charge in [-0.3, -0.25) is 0 Å². The first kappa shape index (κ1) is 10.2. The van der Waals surface area contributed by atoms with Crippen molar-refractivity contribution in [2.24, 2.45) is 11.7 Å². The molecular formula is C10H14BrNO2. The lowest BCUT2D eigenvalue weighted by atomic mass is 10.1. The third-order valence-electron chi connectivity index (χ3n) is 2.66. The minimum atomic E-state index is -0.170. The van der Waals surface area contributed by atoms with Crippen LogP contribution in [0.25, 0.3) is 0 Å². The molecule has 0 bridgehead atoms. The highest BCUT2D eigenvalue weighted by molar-refractivity contribution is 9.10. The summed E-state index contributed by atoms with van der Waals surface area (Å²) < 4.78 is 11.7. The highest BCUT2D eigenvalue weighted by Crippen LogP contribution is 2.40. The van der Waals surface area contributed by atoms with Crippen LogP contribution in [0.3, 0.4) is 0 Å². The van der Waals surface area contributed by atoms with Crippen molar-refractivity contribution in [3.8, 4) is 0 Å². The van der Waals surface area contributed by atoms with E-state index >= 15 is 0 Å². The first-order chi connectivity index (χ1) is 6.74. The molecule has 2 atom stereocenters. The van der Waals surface area contributed by atoms with E-state index in [9.17, 15) is 0 Å². The summed E-state index contributed by atoms with van der Waals surface area (Å²) in [5, 5.41) is 0. The van der Waals surface area contributed by atoms with Gasteiger partial charge in [0.1, 0.15) is 5.76 Å². The van der Waals surface area contributed by atoms with E-state index in [2.05, 4.69) is 15.9 Å². The smallest absolute Gasteiger partial charge is 0.137 e. The first-order valence-corrected chi connectivity index (χ1v) is 5.54. The van der Waals surface area contributed by atoms with Gasteiger partial charge in [-0.15, -0.1) is 0 Å². The summed E-state index contributed by atoms with van der Waals surface area (Å²) in [6, 6.07) is 1.69. The van der Waals surface area contributed by atoms with Gasteiger partial charge in [-0.05, 0) is 40.8 Å². The average Bonchev–Trinajstić information content (AvgIpc) is 2.90. The van der Waals surface area contributed by atoms with Crippen molar-refractivity contribution in [2.75, 3.05) is 7.11 Å². The van der Waals surface area contributed by atoms with Crippen LogP contribution in [0.15, 0.2) is 21.2 Å². The number of ether oxygens (including phenoxy) is 1. The van der Waals surface area contributed by atoms with Gasteiger partial charge in [0.15, 0.2) is 0 Å². The number of halogens is 1. The summed E-state index contributed by atoms with van der Waals surface area (Å²) >= 11 is 3.40. The van der Waals surface area contributed by atoms with E-state index < -0.39 is 0 Å². The molecule has 0 saturated heterocycles. The number of nitrogens with two attached hydrogens (primary N) is 1. The van der Waals surface area contributed by atoms with Crippen LogP contribution in [-0.2, 0) is 4.74 Å². The molecule has 4 heteroatoms. The van der Waals surface area contributed by atoms with Gasteiger partial charge in [0.25, 0.3) is 0 Å². The van der Waals surface area contributed by atoms with Gasteiger partial charge in [0, 0.05) is 7.11 Å². The fourth-order valence-corrected chi connectivity index (χ4v) is 2.22. The van der Waals surface area contributed by atoms with Crippen LogP contribution in [0.4, 0.5) is 0 Å². The normalized spacial score (nSPS) is 20.8. The summed E-state index contributed by atoms with van der Waals surface area (Å²) in [5.41, 5.74) is 6.09. The molecule has 0 amide bonds. The second-order valence-electron chi connectivity index (χ2n) is 3.70. The van der Waals surface area contributed by atoms with Crippen molar-refractivity contribution in [3.05, 3.63) is 22.6 Å². The van der Waals surface area contributed by atoms with Crippen molar-refractivity contribution in [1.29, 1.82) is 0 Å². The molecule has 1 aromatic rings. The van der Waals surface area contributed by atoms with Crippen LogP contribution in [-0.4, -0.2) is 13.2 Å². The number of furan rings is 1. The zero-order valence-electron chi connectivity index (χ0n) is 8.07. The molecule has 1 aromatic heterocycles. The fourth-order valence-electron chi connectivity index (χ4n) is 1.75. The van der Waals surface area contributed by atoms with E-state index in [0.717, 1.165) is 10.2 Å². The first-order valence-electron chi connectivity index (χ1n) is 4.75. The molecule has 1 aliphatic rings. The monoisotopic (exact) mass is 259 g/mol. The highest BCUT2D eigenvalue weighted by atomic mass is 79.9. The molecule has 0 spiro atoms. The minimum Gasteiger partial charge on any atom is -0.466 e. The Hall–Kier alpha value is -0.320. The molecule has 2 rings (SSSR count). The van der Waals surface area contributed by atoms with E-state index in [1.807, 2.05) is 6.07 Å². The topological polar surface area (TPSA) is 48.4 Å². The number of rotatable bonds is 4. The van der Waals surface area contributed by atoms with Crippen molar-refractivity contribution in [3.63, 3.8) is 0 Å². The van der Waals surface area contributed by atoms with Crippen molar-refractivity contribution in [2.45, 2.75) is 25.0 Å². The predicted molar refractivity (Wildman–Crippen MR) is 56.9 cm³/mol. The lowest BCUT2D eigenvalue weighted by molar-refractivity contribution is 0.0561. The molecule has 1 saturated carbocycles. The number of hydrogen-bond acceptors (Lipinski definition) is 3.